The molecule has 0 amide bonds. The number of hydrogen-bond donors (Lipinski definition) is 1. The van der Waals surface area contributed by atoms with E-state index in [1.54, 1.807) is 31.6 Å². The van der Waals surface area contributed by atoms with Gasteiger partial charge in [0.2, 0.25) is 0 Å². The maximum Gasteiger partial charge on any atom is 0.361 e. The first-order valence-electron chi connectivity index (χ1n) is 9.14. The lowest BCUT2D eigenvalue weighted by Gasteiger charge is -2.18. The predicted molar refractivity (Wildman–Crippen MR) is 99.8 cm³/mol. The van der Waals surface area contributed by atoms with Crippen molar-refractivity contribution in [3.8, 4) is 0 Å². The zero-order valence-corrected chi connectivity index (χ0v) is 15.7. The monoisotopic (exact) mass is 369 g/mol. The fourth-order valence-corrected chi connectivity index (χ4v) is 3.11. The van der Waals surface area contributed by atoms with Crippen molar-refractivity contribution in [1.29, 1.82) is 0 Å². The third-order valence-corrected chi connectivity index (χ3v) is 4.47. The number of carbonyl (C=O) groups excluding carboxylic acids is 1. The van der Waals surface area contributed by atoms with E-state index in [1.165, 1.54) is 0 Å². The van der Waals surface area contributed by atoms with Gasteiger partial charge in [-0.15, -0.1) is 5.10 Å². The first kappa shape index (κ1) is 17.8. The molecule has 1 fully saturated rings. The van der Waals surface area contributed by atoms with Crippen molar-refractivity contribution in [3.05, 3.63) is 35.3 Å². The Balaban J connectivity index is 1.48. The van der Waals surface area contributed by atoms with Crippen molar-refractivity contribution in [2.75, 3.05) is 6.61 Å². The number of allylic oxidation sites excluding steroid dienone is 2. The van der Waals surface area contributed by atoms with Crippen molar-refractivity contribution < 1.29 is 14.6 Å². The molecule has 1 unspecified atom stereocenters. The van der Waals surface area contributed by atoms with Gasteiger partial charge < -0.3 is 9.84 Å². The number of carbonyl (C=O) groups is 1. The highest BCUT2D eigenvalue weighted by Crippen LogP contribution is 2.35. The molecule has 8 heteroatoms. The number of aliphatic hydroxyl groups excluding tert-OH is 1. The summed E-state index contributed by atoms with van der Waals surface area (Å²) in [7, 11) is 0. The smallest absolute Gasteiger partial charge is 0.361 e. The van der Waals surface area contributed by atoms with Crippen LogP contribution in [-0.2, 0) is 11.3 Å². The van der Waals surface area contributed by atoms with Crippen molar-refractivity contribution in [1.82, 2.24) is 15.0 Å². The Bertz CT molecular complexity index is 897. The molecular formula is C19H23N5O3. The minimum atomic E-state index is -0.583. The second-order valence-corrected chi connectivity index (χ2v) is 8.06. The van der Waals surface area contributed by atoms with Gasteiger partial charge in [0.1, 0.15) is 11.6 Å². The van der Waals surface area contributed by atoms with Gasteiger partial charge in [0.15, 0.2) is 5.69 Å². The summed E-state index contributed by atoms with van der Waals surface area (Å²) in [6.45, 7) is 5.74. The fraction of sp³-hybridized carbons (Fsp3) is 0.526. The summed E-state index contributed by atoms with van der Waals surface area (Å²) in [6, 6.07) is -0.142. The Kier molecular flexibility index (Phi) is 4.30. The van der Waals surface area contributed by atoms with Gasteiger partial charge in [-0.05, 0) is 45.8 Å². The molecule has 1 aliphatic carbocycles. The van der Waals surface area contributed by atoms with Crippen LogP contribution in [-0.4, -0.2) is 55.7 Å². The predicted octanol–water partition coefficient (Wildman–Crippen LogP) is 1.72. The number of nitrogens with zero attached hydrogens (tertiary/aromatic N) is 5. The molecule has 2 aliphatic heterocycles. The number of aliphatic imine (C=N–C) groups is 2. The van der Waals surface area contributed by atoms with E-state index >= 15 is 0 Å². The van der Waals surface area contributed by atoms with E-state index in [-0.39, 0.29) is 18.3 Å². The Morgan fingerprint density at radius 3 is 2.81 bits per heavy atom. The Morgan fingerprint density at radius 2 is 2.15 bits per heavy atom. The van der Waals surface area contributed by atoms with Crippen LogP contribution in [0.3, 0.4) is 0 Å². The summed E-state index contributed by atoms with van der Waals surface area (Å²) >= 11 is 0. The summed E-state index contributed by atoms with van der Waals surface area (Å²) in [4.78, 5) is 21.5. The van der Waals surface area contributed by atoms with E-state index in [0.29, 0.717) is 12.5 Å². The molecule has 142 valence electrons. The minimum absolute atomic E-state index is 0.0473. The van der Waals surface area contributed by atoms with Crippen LogP contribution < -0.4 is 0 Å². The molecule has 1 aromatic heterocycles. The van der Waals surface area contributed by atoms with E-state index < -0.39 is 11.6 Å². The Morgan fingerprint density at radius 1 is 1.37 bits per heavy atom. The number of fused-ring (bicyclic) bond motifs is 1. The average Bonchev–Trinajstić information content (AvgIpc) is 3.20. The molecule has 1 atom stereocenters. The Hall–Kier alpha value is -2.61. The molecule has 0 spiro atoms. The van der Waals surface area contributed by atoms with E-state index in [1.807, 2.05) is 12.2 Å². The standard InChI is InChI=1S/C19H23N5O3/c1-19(2,3)27-18(26)16-9-24(23-22-16)8-13-7-15-17(20-13)12(10-25)6-14(21-15)11-4-5-11/h6-7,9,11,15,25H,4-5,8,10H2,1-3H3. The largest absolute Gasteiger partial charge is 0.455 e. The molecule has 1 aromatic rings. The summed E-state index contributed by atoms with van der Waals surface area (Å²) in [5.41, 5.74) is 3.06. The number of esters is 1. The second-order valence-electron chi connectivity index (χ2n) is 8.06. The molecule has 0 aromatic carbocycles. The molecule has 1 N–H and O–H groups in total. The van der Waals surface area contributed by atoms with Crippen molar-refractivity contribution in [2.45, 2.75) is 51.8 Å². The van der Waals surface area contributed by atoms with Crippen LogP contribution in [0.25, 0.3) is 0 Å². The molecular weight excluding hydrogens is 346 g/mol. The van der Waals surface area contributed by atoms with Crippen molar-refractivity contribution >= 4 is 17.4 Å². The lowest BCUT2D eigenvalue weighted by Crippen LogP contribution is -2.25. The van der Waals surface area contributed by atoms with Crippen LogP contribution in [0, 0.1) is 5.92 Å². The van der Waals surface area contributed by atoms with E-state index in [4.69, 9.17) is 9.73 Å². The molecule has 27 heavy (non-hydrogen) atoms. The van der Waals surface area contributed by atoms with Gasteiger partial charge in [-0.1, -0.05) is 5.21 Å². The van der Waals surface area contributed by atoms with Gasteiger partial charge in [0.25, 0.3) is 0 Å². The number of dihydropyridines is 1. The van der Waals surface area contributed by atoms with Gasteiger partial charge in [-0.3, -0.25) is 9.98 Å². The van der Waals surface area contributed by atoms with Gasteiger partial charge in [0.05, 0.1) is 30.8 Å². The first-order valence-corrected chi connectivity index (χ1v) is 9.14. The lowest BCUT2D eigenvalue weighted by atomic mass is 9.98. The summed E-state index contributed by atoms with van der Waals surface area (Å²) < 4.78 is 6.86. The van der Waals surface area contributed by atoms with Crippen LogP contribution in [0.1, 0.15) is 44.1 Å². The summed E-state index contributed by atoms with van der Waals surface area (Å²) in [5, 5.41) is 17.6. The first-order chi connectivity index (χ1) is 12.8. The maximum atomic E-state index is 12.1. The molecule has 0 saturated heterocycles. The van der Waals surface area contributed by atoms with Crippen LogP contribution in [0.15, 0.2) is 39.6 Å². The summed E-state index contributed by atoms with van der Waals surface area (Å²) in [5.74, 6) is 0.0237. The molecule has 4 rings (SSSR count). The van der Waals surface area contributed by atoms with Crippen molar-refractivity contribution in [2.24, 2.45) is 15.9 Å². The quantitative estimate of drug-likeness (QED) is 0.796. The highest BCUT2D eigenvalue weighted by Gasteiger charge is 2.33. The average molecular weight is 369 g/mol. The third-order valence-electron chi connectivity index (χ3n) is 4.47. The van der Waals surface area contributed by atoms with Crippen LogP contribution >= 0.6 is 0 Å². The van der Waals surface area contributed by atoms with Gasteiger partial charge in [0, 0.05) is 17.2 Å². The number of aliphatic hydroxyl groups is 1. The third kappa shape index (κ3) is 3.90. The fourth-order valence-electron chi connectivity index (χ4n) is 3.11. The highest BCUT2D eigenvalue weighted by molar-refractivity contribution is 6.16. The van der Waals surface area contributed by atoms with E-state index in [2.05, 4.69) is 15.3 Å². The molecule has 3 aliphatic rings. The lowest BCUT2D eigenvalue weighted by molar-refractivity contribution is 0.00627. The minimum Gasteiger partial charge on any atom is -0.455 e. The van der Waals surface area contributed by atoms with Gasteiger partial charge in [-0.2, -0.15) is 0 Å². The van der Waals surface area contributed by atoms with E-state index in [9.17, 15) is 9.90 Å². The normalized spacial score (nSPS) is 21.9. The zero-order chi connectivity index (χ0) is 19.2. The molecule has 1 saturated carbocycles. The highest BCUT2D eigenvalue weighted by atomic mass is 16.6. The second kappa shape index (κ2) is 6.53. The topological polar surface area (TPSA) is 102 Å². The molecule has 0 bridgehead atoms. The maximum absolute atomic E-state index is 12.1. The number of aromatic nitrogens is 3. The number of rotatable bonds is 5. The van der Waals surface area contributed by atoms with Crippen molar-refractivity contribution in [3.63, 3.8) is 0 Å². The molecule has 3 heterocycles. The van der Waals surface area contributed by atoms with Crippen LogP contribution in [0.5, 0.6) is 0 Å². The molecule has 8 nitrogen and oxygen atoms in total. The number of ether oxygens (including phenoxy) is 1. The summed E-state index contributed by atoms with van der Waals surface area (Å²) in [6.07, 6.45) is 7.83. The Labute approximate surface area is 157 Å². The SMILES string of the molecule is CC(C)(C)OC(=O)c1cn(CC2=CC3N=C(C4CC4)C=C(CO)C3=N2)nn1. The van der Waals surface area contributed by atoms with Crippen LogP contribution in [0.2, 0.25) is 0 Å². The number of hydrogen-bond acceptors (Lipinski definition) is 7. The molecule has 0 radical (unpaired) electrons. The zero-order valence-electron chi connectivity index (χ0n) is 15.7. The van der Waals surface area contributed by atoms with E-state index in [0.717, 1.165) is 35.5 Å². The van der Waals surface area contributed by atoms with Crippen LogP contribution in [0.4, 0.5) is 0 Å². The van der Waals surface area contributed by atoms with Gasteiger partial charge in [-0.25, -0.2) is 9.48 Å². The van der Waals surface area contributed by atoms with Gasteiger partial charge >= 0.3 is 5.97 Å².